The van der Waals surface area contributed by atoms with Crippen LogP contribution < -0.4 is 10.1 Å². The van der Waals surface area contributed by atoms with Crippen LogP contribution in [0.1, 0.15) is 35.5 Å². The first-order valence-corrected chi connectivity index (χ1v) is 10.1. The van der Waals surface area contributed by atoms with E-state index >= 15 is 0 Å². The van der Waals surface area contributed by atoms with E-state index in [9.17, 15) is 0 Å². The SMILES string of the molecule is Cc1ccc(OCc2nc(CN3CCC4(CCNCC4)C3)cs2)cc1.Cl. The van der Waals surface area contributed by atoms with Crippen molar-refractivity contribution in [2.45, 2.75) is 39.3 Å². The van der Waals surface area contributed by atoms with Gasteiger partial charge in [0.05, 0.1) is 5.69 Å². The highest BCUT2D eigenvalue weighted by Crippen LogP contribution is 2.39. The Morgan fingerprint density at radius 2 is 1.96 bits per heavy atom. The minimum atomic E-state index is 0. The fourth-order valence-corrected chi connectivity index (χ4v) is 4.72. The van der Waals surface area contributed by atoms with E-state index in [-0.39, 0.29) is 12.4 Å². The molecule has 3 heterocycles. The van der Waals surface area contributed by atoms with E-state index in [1.807, 2.05) is 12.1 Å². The normalized spacial score (nSPS) is 19.4. The number of benzene rings is 1. The molecule has 26 heavy (non-hydrogen) atoms. The minimum Gasteiger partial charge on any atom is -0.486 e. The Morgan fingerprint density at radius 3 is 2.73 bits per heavy atom. The third-order valence-corrected chi connectivity index (χ3v) is 6.42. The van der Waals surface area contributed by atoms with Crippen molar-refractivity contribution in [2.75, 3.05) is 26.2 Å². The minimum absolute atomic E-state index is 0. The van der Waals surface area contributed by atoms with Crippen LogP contribution in [-0.2, 0) is 13.2 Å². The molecule has 1 aromatic carbocycles. The fraction of sp³-hybridized carbons (Fsp3) is 0.550. The predicted octanol–water partition coefficient (Wildman–Crippen LogP) is 4.03. The van der Waals surface area contributed by atoms with Crippen LogP contribution in [0.25, 0.3) is 0 Å². The zero-order valence-electron chi connectivity index (χ0n) is 15.4. The van der Waals surface area contributed by atoms with E-state index in [0.29, 0.717) is 12.0 Å². The first-order valence-electron chi connectivity index (χ1n) is 9.27. The average Bonchev–Trinajstić information content (AvgIpc) is 3.23. The standard InChI is InChI=1S/C20H27N3OS.ClH/c1-16-2-4-18(5-3-16)24-13-19-22-17(14-25-19)12-23-11-8-20(15-23)6-9-21-10-7-20;/h2-5,14,21H,6-13,15H2,1H3;1H. The molecule has 4 rings (SSSR count). The van der Waals surface area contributed by atoms with E-state index < -0.39 is 0 Å². The fourth-order valence-electron chi connectivity index (χ4n) is 4.02. The highest BCUT2D eigenvalue weighted by molar-refractivity contribution is 7.09. The molecule has 0 atom stereocenters. The van der Waals surface area contributed by atoms with Crippen LogP contribution in [0.15, 0.2) is 29.6 Å². The zero-order valence-corrected chi connectivity index (χ0v) is 17.0. The molecule has 0 aliphatic carbocycles. The molecule has 2 aromatic rings. The summed E-state index contributed by atoms with van der Waals surface area (Å²) in [6, 6.07) is 8.19. The summed E-state index contributed by atoms with van der Waals surface area (Å²) in [7, 11) is 0. The van der Waals surface area contributed by atoms with Gasteiger partial charge in [0, 0.05) is 18.5 Å². The zero-order chi connectivity index (χ0) is 17.1. The second kappa shape index (κ2) is 8.70. The quantitative estimate of drug-likeness (QED) is 0.832. The first kappa shape index (κ1) is 19.6. The Labute approximate surface area is 166 Å². The molecule has 142 valence electrons. The molecule has 1 aromatic heterocycles. The molecular formula is C20H28ClN3OS. The number of likely N-dealkylation sites (tertiary alicyclic amines) is 1. The summed E-state index contributed by atoms with van der Waals surface area (Å²) in [6.45, 7) is 8.45. The van der Waals surface area contributed by atoms with Crippen molar-refractivity contribution < 1.29 is 4.74 Å². The first-order chi connectivity index (χ1) is 12.2. The van der Waals surface area contributed by atoms with Crippen LogP contribution in [0.2, 0.25) is 0 Å². The Hall–Kier alpha value is -1.14. The van der Waals surface area contributed by atoms with Gasteiger partial charge in [-0.25, -0.2) is 4.98 Å². The van der Waals surface area contributed by atoms with Gasteiger partial charge in [-0.1, -0.05) is 17.7 Å². The molecule has 2 fully saturated rings. The number of aromatic nitrogens is 1. The summed E-state index contributed by atoms with van der Waals surface area (Å²) < 4.78 is 5.85. The van der Waals surface area contributed by atoms with E-state index in [0.717, 1.165) is 17.3 Å². The van der Waals surface area contributed by atoms with Crippen LogP contribution in [0.5, 0.6) is 5.75 Å². The lowest BCUT2D eigenvalue weighted by atomic mass is 9.78. The molecule has 0 saturated carbocycles. The number of ether oxygens (including phenoxy) is 1. The maximum Gasteiger partial charge on any atom is 0.140 e. The lowest BCUT2D eigenvalue weighted by Crippen LogP contribution is -2.38. The molecule has 2 aliphatic heterocycles. The third-order valence-electron chi connectivity index (χ3n) is 5.55. The van der Waals surface area contributed by atoms with E-state index in [1.165, 1.54) is 56.7 Å². The van der Waals surface area contributed by atoms with Crippen molar-refractivity contribution in [3.63, 3.8) is 0 Å². The van der Waals surface area contributed by atoms with Crippen molar-refractivity contribution in [3.8, 4) is 5.75 Å². The van der Waals surface area contributed by atoms with Gasteiger partial charge in [0.25, 0.3) is 0 Å². The van der Waals surface area contributed by atoms with Crippen LogP contribution in [0.3, 0.4) is 0 Å². The smallest absolute Gasteiger partial charge is 0.140 e. The highest BCUT2D eigenvalue weighted by atomic mass is 35.5. The summed E-state index contributed by atoms with van der Waals surface area (Å²) >= 11 is 1.71. The maximum atomic E-state index is 5.85. The molecule has 0 unspecified atom stereocenters. The van der Waals surface area contributed by atoms with Gasteiger partial charge in [0.1, 0.15) is 17.4 Å². The number of piperidine rings is 1. The van der Waals surface area contributed by atoms with Crippen molar-refractivity contribution >= 4 is 23.7 Å². The van der Waals surface area contributed by atoms with Crippen molar-refractivity contribution in [1.29, 1.82) is 0 Å². The van der Waals surface area contributed by atoms with Gasteiger partial charge in [-0.05, 0) is 63.4 Å². The number of rotatable bonds is 5. The predicted molar refractivity (Wildman–Crippen MR) is 109 cm³/mol. The second-order valence-electron chi connectivity index (χ2n) is 7.54. The van der Waals surface area contributed by atoms with Gasteiger partial charge in [-0.2, -0.15) is 0 Å². The number of nitrogens with one attached hydrogen (secondary N) is 1. The Morgan fingerprint density at radius 1 is 1.19 bits per heavy atom. The van der Waals surface area contributed by atoms with Crippen LogP contribution in [0, 0.1) is 12.3 Å². The Kier molecular flexibility index (Phi) is 6.56. The highest BCUT2D eigenvalue weighted by Gasteiger charge is 2.38. The van der Waals surface area contributed by atoms with Crippen LogP contribution in [0.4, 0.5) is 0 Å². The van der Waals surface area contributed by atoms with Gasteiger partial charge in [-0.15, -0.1) is 23.7 Å². The number of hydrogen-bond acceptors (Lipinski definition) is 5. The summed E-state index contributed by atoms with van der Waals surface area (Å²) in [5, 5.41) is 6.75. The lowest BCUT2D eigenvalue weighted by Gasteiger charge is -2.33. The van der Waals surface area contributed by atoms with Gasteiger partial charge in [-0.3, -0.25) is 4.90 Å². The Balaban J connectivity index is 0.00000196. The summed E-state index contributed by atoms with van der Waals surface area (Å²) in [5.41, 5.74) is 3.01. The van der Waals surface area contributed by atoms with Crippen LogP contribution >= 0.6 is 23.7 Å². The number of nitrogens with zero attached hydrogens (tertiary/aromatic N) is 2. The van der Waals surface area contributed by atoms with Crippen molar-refractivity contribution in [2.24, 2.45) is 5.41 Å². The summed E-state index contributed by atoms with van der Waals surface area (Å²) in [6.07, 6.45) is 4.01. The molecule has 0 amide bonds. The number of aryl methyl sites for hydroxylation is 1. The molecule has 0 bridgehead atoms. The topological polar surface area (TPSA) is 37.4 Å². The third kappa shape index (κ3) is 4.77. The van der Waals surface area contributed by atoms with Crippen LogP contribution in [-0.4, -0.2) is 36.1 Å². The molecule has 1 spiro atoms. The molecule has 6 heteroatoms. The summed E-state index contributed by atoms with van der Waals surface area (Å²) in [4.78, 5) is 7.37. The van der Waals surface area contributed by atoms with Crippen molar-refractivity contribution in [1.82, 2.24) is 15.2 Å². The molecular weight excluding hydrogens is 366 g/mol. The lowest BCUT2D eigenvalue weighted by molar-refractivity contribution is 0.193. The Bertz CT molecular complexity index is 697. The average molecular weight is 394 g/mol. The summed E-state index contributed by atoms with van der Waals surface area (Å²) in [5.74, 6) is 0.912. The largest absolute Gasteiger partial charge is 0.486 e. The number of halogens is 1. The van der Waals surface area contributed by atoms with Gasteiger partial charge >= 0.3 is 0 Å². The van der Waals surface area contributed by atoms with E-state index in [4.69, 9.17) is 9.72 Å². The number of hydrogen-bond donors (Lipinski definition) is 1. The number of thiazole rings is 1. The molecule has 0 radical (unpaired) electrons. The molecule has 2 saturated heterocycles. The molecule has 2 aliphatic rings. The monoisotopic (exact) mass is 393 g/mol. The van der Waals surface area contributed by atoms with Crippen molar-refractivity contribution in [3.05, 3.63) is 45.9 Å². The second-order valence-corrected chi connectivity index (χ2v) is 8.49. The van der Waals surface area contributed by atoms with E-state index in [2.05, 4.69) is 34.7 Å². The molecule has 1 N–H and O–H groups in total. The van der Waals surface area contributed by atoms with Gasteiger partial charge in [0.2, 0.25) is 0 Å². The van der Waals surface area contributed by atoms with E-state index in [1.54, 1.807) is 11.3 Å². The molecule has 4 nitrogen and oxygen atoms in total. The maximum absolute atomic E-state index is 5.85. The van der Waals surface area contributed by atoms with Gasteiger partial charge in [0.15, 0.2) is 0 Å². The van der Waals surface area contributed by atoms with Gasteiger partial charge < -0.3 is 10.1 Å².